The van der Waals surface area contributed by atoms with Crippen LogP contribution in [0.5, 0.6) is 0 Å². The van der Waals surface area contributed by atoms with Gasteiger partial charge in [-0.2, -0.15) is 5.10 Å². The van der Waals surface area contributed by atoms with E-state index in [-0.39, 0.29) is 6.17 Å². The first kappa shape index (κ1) is 14.7. The molecule has 1 aliphatic rings. The Bertz CT molecular complexity index is 245. The normalized spacial score (nSPS) is 20.9. The minimum Gasteiger partial charge on any atom is -0.270 e. The molecule has 0 aliphatic carbocycles. The number of hydrogen-bond donors (Lipinski definition) is 0. The maximum absolute atomic E-state index is 5.91. The summed E-state index contributed by atoms with van der Waals surface area (Å²) in [5, 5.41) is 6.00. The van der Waals surface area contributed by atoms with Crippen LogP contribution in [0.3, 0.4) is 0 Å². The van der Waals surface area contributed by atoms with Crippen molar-refractivity contribution < 1.29 is 0 Å². The van der Waals surface area contributed by atoms with Crippen molar-refractivity contribution in [3.63, 3.8) is 0 Å². The third-order valence-electron chi connectivity index (χ3n) is 2.36. The topological polar surface area (TPSA) is 18.8 Å². The van der Waals surface area contributed by atoms with Gasteiger partial charge < -0.3 is 0 Å². The monoisotopic (exact) mass is 349 g/mol. The first-order chi connectivity index (χ1) is 7.46. The molecule has 0 fully saturated rings. The maximum Gasteiger partial charge on any atom is 0.231 e. The summed E-state index contributed by atoms with van der Waals surface area (Å²) in [6.07, 6.45) is 5.92. The van der Waals surface area contributed by atoms with Gasteiger partial charge in [0.25, 0.3) is 0 Å². The largest absolute Gasteiger partial charge is 0.270 e. The fourth-order valence-corrected chi connectivity index (χ4v) is 3.17. The van der Waals surface area contributed by atoms with E-state index in [9.17, 15) is 0 Å². The summed E-state index contributed by atoms with van der Waals surface area (Å²) in [6, 6.07) is 0. The van der Waals surface area contributed by atoms with Crippen LogP contribution in [0, 0.1) is 0 Å². The Kier molecular flexibility index (Phi) is 5.99. The Balaban J connectivity index is 2.43. The van der Waals surface area contributed by atoms with Crippen LogP contribution in [-0.4, -0.2) is 31.8 Å². The van der Waals surface area contributed by atoms with Crippen molar-refractivity contribution >= 4 is 57.3 Å². The summed E-state index contributed by atoms with van der Waals surface area (Å²) in [7, 11) is 0. The van der Waals surface area contributed by atoms with Crippen molar-refractivity contribution in [1.29, 1.82) is 0 Å². The smallest absolute Gasteiger partial charge is 0.231 e. The summed E-state index contributed by atoms with van der Waals surface area (Å²) >= 11 is 21.0. The number of alkyl halides is 3. The molecular formula is C9H15BrCl3N3. The van der Waals surface area contributed by atoms with E-state index in [0.29, 0.717) is 0 Å². The molecule has 0 spiro atoms. The van der Waals surface area contributed by atoms with Gasteiger partial charge in [-0.25, -0.2) is 0 Å². The minimum absolute atomic E-state index is 0.376. The van der Waals surface area contributed by atoms with Crippen LogP contribution in [-0.2, 0) is 0 Å². The Morgan fingerprint density at radius 2 is 2.00 bits per heavy atom. The fourth-order valence-electron chi connectivity index (χ4n) is 1.56. The molecule has 1 rings (SSSR count). The van der Waals surface area contributed by atoms with Crippen molar-refractivity contribution in [2.24, 2.45) is 5.10 Å². The molecule has 16 heavy (non-hydrogen) atoms. The summed E-state index contributed by atoms with van der Waals surface area (Å²) in [5.41, 5.74) is 0. The van der Waals surface area contributed by atoms with E-state index < -0.39 is 3.79 Å². The van der Waals surface area contributed by atoms with Gasteiger partial charge in [0.15, 0.2) is 6.17 Å². The number of halogens is 4. The number of hydrogen-bond acceptors (Lipinski definition) is 3. The number of unbranched alkanes of at least 4 members (excludes halogenated alkanes) is 3. The highest BCUT2D eigenvalue weighted by Gasteiger charge is 2.42. The molecule has 0 saturated carbocycles. The van der Waals surface area contributed by atoms with E-state index >= 15 is 0 Å². The van der Waals surface area contributed by atoms with Crippen molar-refractivity contribution in [3.05, 3.63) is 0 Å². The molecule has 0 amide bonds. The number of rotatable bonds is 5. The van der Waals surface area contributed by atoms with E-state index in [2.05, 4.69) is 28.2 Å². The van der Waals surface area contributed by atoms with Crippen LogP contribution in [0.25, 0.3) is 0 Å². The van der Waals surface area contributed by atoms with E-state index in [1.165, 1.54) is 19.3 Å². The molecule has 0 aromatic heterocycles. The average Bonchev–Trinajstić information content (AvgIpc) is 2.54. The van der Waals surface area contributed by atoms with Crippen LogP contribution in [0.15, 0.2) is 5.10 Å². The van der Waals surface area contributed by atoms with Gasteiger partial charge in [-0.05, 0) is 6.42 Å². The second kappa shape index (κ2) is 6.53. The Hall–Kier alpha value is 0.620. The van der Waals surface area contributed by atoms with Crippen molar-refractivity contribution in [2.45, 2.75) is 42.6 Å². The first-order valence-corrected chi connectivity index (χ1v) is 7.12. The molecule has 0 bridgehead atoms. The molecule has 0 aromatic carbocycles. The number of nitrogens with zero attached hydrogens (tertiary/aromatic N) is 3. The van der Waals surface area contributed by atoms with E-state index in [1.807, 2.05) is 0 Å². The van der Waals surface area contributed by atoms with Gasteiger partial charge in [-0.1, -0.05) is 61.0 Å². The lowest BCUT2D eigenvalue weighted by Gasteiger charge is -2.31. The minimum atomic E-state index is -1.38. The molecule has 0 aromatic rings. The summed E-state index contributed by atoms with van der Waals surface area (Å²) in [5.74, 6) is 0. The van der Waals surface area contributed by atoms with Gasteiger partial charge in [0.05, 0.1) is 16.1 Å². The molecule has 1 unspecified atom stereocenters. The van der Waals surface area contributed by atoms with Gasteiger partial charge in [0.2, 0.25) is 3.79 Å². The highest BCUT2D eigenvalue weighted by molar-refractivity contribution is 9.07. The molecule has 0 radical (unpaired) electrons. The third kappa shape index (κ3) is 4.13. The van der Waals surface area contributed by atoms with E-state index in [1.54, 1.807) is 15.3 Å². The standard InChI is InChI=1S/C9H15BrCl3N3/c1-2-3-4-5-6-16-8(9(11,12)13)15(10)7-14-16/h7-8H,2-6H2,1H3. The molecule has 1 atom stereocenters. The average molecular weight is 352 g/mol. The molecule has 1 aliphatic heterocycles. The predicted molar refractivity (Wildman–Crippen MR) is 74.2 cm³/mol. The van der Waals surface area contributed by atoms with Gasteiger partial charge in [-0.3, -0.25) is 8.93 Å². The quantitative estimate of drug-likeness (QED) is 0.421. The van der Waals surface area contributed by atoms with Gasteiger partial charge >= 0.3 is 0 Å². The zero-order valence-corrected chi connectivity index (χ0v) is 12.9. The lowest BCUT2D eigenvalue weighted by atomic mass is 10.2. The second-order valence-corrected chi connectivity index (χ2v) is 6.90. The van der Waals surface area contributed by atoms with Crippen LogP contribution in [0.4, 0.5) is 0 Å². The van der Waals surface area contributed by atoms with Crippen LogP contribution < -0.4 is 0 Å². The van der Waals surface area contributed by atoms with Crippen molar-refractivity contribution in [2.75, 3.05) is 6.54 Å². The highest BCUT2D eigenvalue weighted by Crippen LogP contribution is 2.38. The zero-order valence-electron chi connectivity index (χ0n) is 9.04. The highest BCUT2D eigenvalue weighted by atomic mass is 79.9. The Morgan fingerprint density at radius 1 is 1.31 bits per heavy atom. The van der Waals surface area contributed by atoms with Crippen LogP contribution in [0.1, 0.15) is 32.6 Å². The molecule has 0 saturated heterocycles. The Labute approximate surface area is 120 Å². The lowest BCUT2D eigenvalue weighted by molar-refractivity contribution is 0.181. The SMILES string of the molecule is CCCCCCN1N=CN(Br)C1C(Cl)(Cl)Cl. The van der Waals surface area contributed by atoms with E-state index in [4.69, 9.17) is 34.8 Å². The lowest BCUT2D eigenvalue weighted by Crippen LogP contribution is -2.45. The first-order valence-electron chi connectivity index (χ1n) is 5.28. The molecule has 94 valence electrons. The summed E-state index contributed by atoms with van der Waals surface area (Å²) in [4.78, 5) is 0. The van der Waals surface area contributed by atoms with Gasteiger partial charge in [0.1, 0.15) is 6.34 Å². The summed E-state index contributed by atoms with van der Waals surface area (Å²) < 4.78 is 0.255. The van der Waals surface area contributed by atoms with Gasteiger partial charge in [0, 0.05) is 6.54 Å². The summed E-state index contributed by atoms with van der Waals surface area (Å²) in [6.45, 7) is 2.98. The molecular weight excluding hydrogens is 336 g/mol. The molecule has 7 heteroatoms. The van der Waals surface area contributed by atoms with Crippen molar-refractivity contribution in [3.8, 4) is 0 Å². The molecule has 0 N–H and O–H groups in total. The second-order valence-electron chi connectivity index (χ2n) is 3.71. The van der Waals surface area contributed by atoms with Crippen molar-refractivity contribution in [1.82, 2.24) is 8.93 Å². The molecule has 1 heterocycles. The van der Waals surface area contributed by atoms with Crippen LogP contribution >= 0.6 is 51.0 Å². The third-order valence-corrected chi connectivity index (χ3v) is 3.52. The van der Waals surface area contributed by atoms with E-state index in [0.717, 1.165) is 13.0 Å². The predicted octanol–water partition coefficient (Wildman–Crippen LogP) is 4.13. The fraction of sp³-hybridized carbons (Fsp3) is 0.889. The Morgan fingerprint density at radius 3 is 2.56 bits per heavy atom. The van der Waals surface area contributed by atoms with Gasteiger partial charge in [-0.15, -0.1) is 0 Å². The van der Waals surface area contributed by atoms with Crippen LogP contribution in [0.2, 0.25) is 0 Å². The maximum atomic E-state index is 5.91. The number of hydrazone groups is 1. The zero-order chi connectivity index (χ0) is 12.2. The molecule has 3 nitrogen and oxygen atoms in total.